The van der Waals surface area contributed by atoms with Crippen LogP contribution in [0.3, 0.4) is 0 Å². The molecule has 5 aromatic rings. The first-order chi connectivity index (χ1) is 15.7. The Kier molecular flexibility index (Phi) is 5.68. The van der Waals surface area contributed by atoms with Crippen molar-refractivity contribution in [2.24, 2.45) is 0 Å². The van der Waals surface area contributed by atoms with Crippen molar-refractivity contribution in [3.05, 3.63) is 99.7 Å². The Hall–Kier alpha value is -3.16. The van der Waals surface area contributed by atoms with Crippen LogP contribution < -0.4 is 5.56 Å². The van der Waals surface area contributed by atoms with Crippen molar-refractivity contribution >= 4 is 45.2 Å². The minimum absolute atomic E-state index is 0.00533. The van der Waals surface area contributed by atoms with Gasteiger partial charge < -0.3 is 0 Å². The van der Waals surface area contributed by atoms with Crippen molar-refractivity contribution in [3.8, 4) is 0 Å². The molecule has 0 radical (unpaired) electrons. The van der Waals surface area contributed by atoms with Crippen LogP contribution in [0.5, 0.6) is 0 Å². The summed E-state index contributed by atoms with van der Waals surface area (Å²) in [6.07, 6.45) is 1.84. The molecule has 0 unspecified atom stereocenters. The molecule has 0 aliphatic rings. The van der Waals surface area contributed by atoms with Crippen molar-refractivity contribution in [2.45, 2.75) is 30.3 Å². The molecule has 1 atom stereocenters. The van der Waals surface area contributed by atoms with Gasteiger partial charge in [0.05, 0.1) is 5.52 Å². The van der Waals surface area contributed by atoms with Crippen LogP contribution in [-0.4, -0.2) is 19.2 Å². The summed E-state index contributed by atoms with van der Waals surface area (Å²) in [6.45, 7) is 6.49. The van der Waals surface area contributed by atoms with E-state index < -0.39 is 0 Å². The smallest absolute Gasteiger partial charge is 0.272 e. The average Bonchev–Trinajstić information content (AvgIpc) is 3.48. The minimum Gasteiger partial charge on any atom is -0.275 e. The maximum Gasteiger partial charge on any atom is 0.272 e. The second kappa shape index (κ2) is 8.76. The molecule has 5 rings (SSSR count). The van der Waals surface area contributed by atoms with Gasteiger partial charge >= 0.3 is 0 Å². The van der Waals surface area contributed by atoms with E-state index in [1.165, 1.54) is 22.5 Å². The maximum atomic E-state index is 13.3. The first-order valence-electron chi connectivity index (χ1n) is 10.4. The summed E-state index contributed by atoms with van der Waals surface area (Å²) < 4.78 is 4.52. The zero-order chi connectivity index (χ0) is 22.1. The zero-order valence-electron chi connectivity index (χ0n) is 17.6. The van der Waals surface area contributed by atoms with Crippen LogP contribution >= 0.6 is 23.1 Å². The fourth-order valence-electron chi connectivity index (χ4n) is 3.82. The lowest BCUT2D eigenvalue weighted by Crippen LogP contribution is -2.24. The highest BCUT2D eigenvalue weighted by atomic mass is 32.2. The fourth-order valence-corrected chi connectivity index (χ4v) is 5.54. The lowest BCUT2D eigenvalue weighted by molar-refractivity contribution is 0.588. The number of hydrogen-bond acceptors (Lipinski definition) is 5. The first-order valence-corrected chi connectivity index (χ1v) is 12.3. The highest BCUT2D eigenvalue weighted by molar-refractivity contribution is 7.98. The van der Waals surface area contributed by atoms with Crippen LogP contribution in [0.4, 0.5) is 0 Å². The summed E-state index contributed by atoms with van der Waals surface area (Å²) in [6, 6.07) is 20.6. The Morgan fingerprint density at radius 2 is 1.88 bits per heavy atom. The summed E-state index contributed by atoms with van der Waals surface area (Å²) in [5.74, 6) is 1.53. The SMILES string of the molecule is C=Cc1ccc(CSc2nnc3n(C[C@@H](C)c4ccccc4)c(=O)c4sccc4n23)cc1. The van der Waals surface area contributed by atoms with E-state index in [2.05, 4.69) is 60.1 Å². The van der Waals surface area contributed by atoms with Gasteiger partial charge in [-0.05, 0) is 34.1 Å². The number of aromatic nitrogens is 4. The lowest BCUT2D eigenvalue weighted by Gasteiger charge is -2.15. The number of hydrogen-bond donors (Lipinski definition) is 0. The molecule has 0 fully saturated rings. The van der Waals surface area contributed by atoms with Crippen LogP contribution in [-0.2, 0) is 12.3 Å². The van der Waals surface area contributed by atoms with E-state index in [0.29, 0.717) is 12.3 Å². The average molecular weight is 459 g/mol. The molecule has 160 valence electrons. The standard InChI is InChI=1S/C25H22N4OS2/c1-3-18-9-11-19(12-10-18)16-32-25-27-26-24-28(15-17(2)20-7-5-4-6-8-20)23(30)22-21(29(24)25)13-14-31-22/h3-14,17H,1,15-16H2,2H3/t17-/m1/s1. The van der Waals surface area contributed by atoms with Crippen molar-refractivity contribution in [2.75, 3.05) is 0 Å². The minimum atomic E-state index is -0.00533. The summed E-state index contributed by atoms with van der Waals surface area (Å²) in [7, 11) is 0. The van der Waals surface area contributed by atoms with Crippen LogP contribution in [0.1, 0.15) is 29.5 Å². The van der Waals surface area contributed by atoms with Gasteiger partial charge in [-0.25, -0.2) is 0 Å². The third-order valence-electron chi connectivity index (χ3n) is 5.59. The number of rotatable bonds is 7. The van der Waals surface area contributed by atoms with Gasteiger partial charge in [-0.1, -0.05) is 85.9 Å². The number of thiophene rings is 1. The van der Waals surface area contributed by atoms with Crippen molar-refractivity contribution in [1.82, 2.24) is 19.2 Å². The van der Waals surface area contributed by atoms with Gasteiger partial charge in [-0.3, -0.25) is 13.8 Å². The maximum absolute atomic E-state index is 13.3. The molecule has 2 aromatic carbocycles. The number of benzene rings is 2. The van der Waals surface area contributed by atoms with Crippen LogP contribution in [0.2, 0.25) is 0 Å². The molecule has 3 heterocycles. The topological polar surface area (TPSA) is 52.2 Å². The molecular formula is C25H22N4OS2. The summed E-state index contributed by atoms with van der Waals surface area (Å²) in [5, 5.41) is 11.6. The van der Waals surface area contributed by atoms with E-state index in [-0.39, 0.29) is 11.5 Å². The Labute approximate surface area is 194 Å². The van der Waals surface area contributed by atoms with E-state index in [4.69, 9.17) is 0 Å². The monoisotopic (exact) mass is 458 g/mol. The van der Waals surface area contributed by atoms with E-state index in [9.17, 15) is 4.79 Å². The first kappa shape index (κ1) is 20.7. The fraction of sp³-hybridized carbons (Fsp3) is 0.160. The van der Waals surface area contributed by atoms with E-state index in [0.717, 1.165) is 26.7 Å². The molecule has 3 aromatic heterocycles. The van der Waals surface area contributed by atoms with E-state index in [1.807, 2.05) is 40.1 Å². The van der Waals surface area contributed by atoms with Crippen molar-refractivity contribution in [3.63, 3.8) is 0 Å². The predicted molar refractivity (Wildman–Crippen MR) is 134 cm³/mol. The van der Waals surface area contributed by atoms with Gasteiger partial charge in [0.15, 0.2) is 5.16 Å². The van der Waals surface area contributed by atoms with Crippen molar-refractivity contribution < 1.29 is 0 Å². The van der Waals surface area contributed by atoms with E-state index >= 15 is 0 Å². The van der Waals surface area contributed by atoms with Crippen molar-refractivity contribution in [1.29, 1.82) is 0 Å². The zero-order valence-corrected chi connectivity index (χ0v) is 19.3. The number of fused-ring (bicyclic) bond motifs is 3. The third kappa shape index (κ3) is 3.78. The Morgan fingerprint density at radius 1 is 1.09 bits per heavy atom. The second-order valence-electron chi connectivity index (χ2n) is 7.71. The summed E-state index contributed by atoms with van der Waals surface area (Å²) in [4.78, 5) is 13.3. The summed E-state index contributed by atoms with van der Waals surface area (Å²) >= 11 is 3.09. The molecule has 0 amide bonds. The van der Waals surface area contributed by atoms with Gasteiger partial charge in [0.2, 0.25) is 5.78 Å². The number of thioether (sulfide) groups is 1. The van der Waals surface area contributed by atoms with Gasteiger partial charge in [-0.15, -0.1) is 21.5 Å². The van der Waals surface area contributed by atoms with Gasteiger partial charge in [0.1, 0.15) is 4.70 Å². The Bertz CT molecular complexity index is 1450. The molecule has 0 bridgehead atoms. The van der Waals surface area contributed by atoms with Gasteiger partial charge in [-0.2, -0.15) is 0 Å². The molecule has 0 saturated heterocycles. The molecule has 32 heavy (non-hydrogen) atoms. The second-order valence-corrected chi connectivity index (χ2v) is 9.57. The van der Waals surface area contributed by atoms with Crippen LogP contribution in [0.15, 0.2) is 82.6 Å². The molecule has 0 N–H and O–H groups in total. The highest BCUT2D eigenvalue weighted by Gasteiger charge is 2.19. The third-order valence-corrected chi connectivity index (χ3v) is 7.48. The molecule has 0 aliphatic carbocycles. The Morgan fingerprint density at radius 3 is 2.62 bits per heavy atom. The van der Waals surface area contributed by atoms with Gasteiger partial charge in [0, 0.05) is 12.3 Å². The normalized spacial score (nSPS) is 12.4. The lowest BCUT2D eigenvalue weighted by atomic mass is 10.0. The highest BCUT2D eigenvalue weighted by Crippen LogP contribution is 2.27. The summed E-state index contributed by atoms with van der Waals surface area (Å²) in [5.41, 5.74) is 4.36. The van der Waals surface area contributed by atoms with Crippen LogP contribution in [0, 0.1) is 0 Å². The molecule has 0 aliphatic heterocycles. The van der Waals surface area contributed by atoms with Crippen LogP contribution in [0.25, 0.3) is 22.1 Å². The molecule has 7 heteroatoms. The molecular weight excluding hydrogens is 436 g/mol. The molecule has 0 spiro atoms. The van der Waals surface area contributed by atoms with Gasteiger partial charge in [0.25, 0.3) is 5.56 Å². The predicted octanol–water partition coefficient (Wildman–Crippen LogP) is 5.84. The molecule has 0 saturated carbocycles. The largest absolute Gasteiger partial charge is 0.275 e. The Balaban J connectivity index is 1.53. The quantitative estimate of drug-likeness (QED) is 0.287. The van der Waals surface area contributed by atoms with E-state index in [1.54, 1.807) is 16.3 Å². The number of nitrogens with zero attached hydrogens (tertiary/aromatic N) is 4. The molecule has 5 nitrogen and oxygen atoms in total.